The average Bonchev–Trinajstić information content (AvgIpc) is 2.39. The first kappa shape index (κ1) is 12.2. The zero-order valence-corrected chi connectivity index (χ0v) is 10.2. The lowest BCUT2D eigenvalue weighted by molar-refractivity contribution is -0.118. The van der Waals surface area contributed by atoms with Crippen molar-refractivity contribution in [3.05, 3.63) is 30.1 Å². The number of ketones is 1. The molecule has 1 aromatic heterocycles. The Bertz CT molecular complexity index is 344. The van der Waals surface area contributed by atoms with Crippen LogP contribution in [0.15, 0.2) is 24.5 Å². The van der Waals surface area contributed by atoms with Crippen molar-refractivity contribution in [3.63, 3.8) is 0 Å². The number of Topliss-reactive ketones (excluding diaryl/α,β-unsaturated/α-hetero) is 1. The lowest BCUT2D eigenvalue weighted by Crippen LogP contribution is -2.34. The molecule has 3 nitrogen and oxygen atoms in total. The number of aromatic nitrogens is 1. The maximum absolute atomic E-state index is 11.8. The lowest BCUT2D eigenvalue weighted by atomic mass is 9.98. The van der Waals surface area contributed by atoms with Gasteiger partial charge in [0, 0.05) is 31.3 Å². The van der Waals surface area contributed by atoms with Crippen LogP contribution in [-0.2, 0) is 11.2 Å². The van der Waals surface area contributed by atoms with E-state index in [4.69, 9.17) is 0 Å². The second kappa shape index (κ2) is 6.50. The van der Waals surface area contributed by atoms with Crippen LogP contribution < -0.4 is 5.32 Å². The third kappa shape index (κ3) is 4.27. The van der Waals surface area contributed by atoms with Crippen LogP contribution in [0, 0.1) is 0 Å². The molecule has 92 valence electrons. The summed E-state index contributed by atoms with van der Waals surface area (Å²) in [5, 5.41) is 3.47. The second-order valence-corrected chi connectivity index (χ2v) is 4.76. The van der Waals surface area contributed by atoms with Gasteiger partial charge in [-0.2, -0.15) is 0 Å². The Morgan fingerprint density at radius 2 is 2.41 bits per heavy atom. The van der Waals surface area contributed by atoms with E-state index in [0.717, 1.165) is 18.5 Å². The molecule has 2 rings (SSSR count). The van der Waals surface area contributed by atoms with E-state index in [1.54, 1.807) is 12.4 Å². The molecule has 1 aliphatic heterocycles. The number of nitrogens with one attached hydrogen (secondary N) is 1. The van der Waals surface area contributed by atoms with Gasteiger partial charge in [0.2, 0.25) is 0 Å². The standard InChI is InChI=1S/C14H20N2O/c17-14(10-12-4-3-8-15-11-12)7-6-13-5-1-2-9-16-13/h3-4,8,11,13,16H,1-2,5-7,9-10H2. The van der Waals surface area contributed by atoms with Crippen LogP contribution in [-0.4, -0.2) is 23.4 Å². The molecule has 0 amide bonds. The Hall–Kier alpha value is -1.22. The summed E-state index contributed by atoms with van der Waals surface area (Å²) < 4.78 is 0. The largest absolute Gasteiger partial charge is 0.314 e. The molecule has 17 heavy (non-hydrogen) atoms. The normalized spacial score (nSPS) is 20.1. The summed E-state index contributed by atoms with van der Waals surface area (Å²) in [7, 11) is 0. The van der Waals surface area contributed by atoms with Gasteiger partial charge in [-0.05, 0) is 37.4 Å². The maximum atomic E-state index is 11.8. The summed E-state index contributed by atoms with van der Waals surface area (Å²) in [6.07, 6.45) is 9.51. The summed E-state index contributed by atoms with van der Waals surface area (Å²) in [5.41, 5.74) is 1.02. The number of pyridine rings is 1. The molecule has 0 spiro atoms. The van der Waals surface area contributed by atoms with Crippen LogP contribution >= 0.6 is 0 Å². The van der Waals surface area contributed by atoms with E-state index in [9.17, 15) is 4.79 Å². The SMILES string of the molecule is O=C(CCC1CCCCN1)Cc1cccnc1. The summed E-state index contributed by atoms with van der Waals surface area (Å²) in [5.74, 6) is 0.324. The number of nitrogens with zero attached hydrogens (tertiary/aromatic N) is 1. The first-order chi connectivity index (χ1) is 8.34. The van der Waals surface area contributed by atoms with E-state index in [2.05, 4.69) is 10.3 Å². The molecule has 1 saturated heterocycles. The molecule has 1 aromatic rings. The van der Waals surface area contributed by atoms with Crippen LogP contribution in [0.3, 0.4) is 0 Å². The third-order valence-electron chi connectivity index (χ3n) is 3.31. The van der Waals surface area contributed by atoms with Gasteiger partial charge in [-0.3, -0.25) is 9.78 Å². The summed E-state index contributed by atoms with van der Waals surface area (Å²) in [6.45, 7) is 1.11. The van der Waals surface area contributed by atoms with Gasteiger partial charge in [-0.1, -0.05) is 12.5 Å². The predicted octanol–water partition coefficient (Wildman–Crippen LogP) is 2.12. The van der Waals surface area contributed by atoms with E-state index < -0.39 is 0 Å². The van der Waals surface area contributed by atoms with Crippen molar-refractivity contribution in [1.29, 1.82) is 0 Å². The van der Waals surface area contributed by atoms with Crippen LogP contribution in [0.2, 0.25) is 0 Å². The third-order valence-corrected chi connectivity index (χ3v) is 3.31. The minimum absolute atomic E-state index is 0.324. The van der Waals surface area contributed by atoms with Gasteiger partial charge in [0.05, 0.1) is 0 Å². The molecule has 3 heteroatoms. The highest BCUT2D eigenvalue weighted by molar-refractivity contribution is 5.80. The fraction of sp³-hybridized carbons (Fsp3) is 0.571. The summed E-state index contributed by atoms with van der Waals surface area (Å²) in [4.78, 5) is 15.8. The van der Waals surface area contributed by atoms with Crippen LogP contribution in [0.1, 0.15) is 37.7 Å². The molecular formula is C14H20N2O. The maximum Gasteiger partial charge on any atom is 0.137 e. The van der Waals surface area contributed by atoms with Gasteiger partial charge in [0.15, 0.2) is 0 Å². The molecule has 0 aromatic carbocycles. The van der Waals surface area contributed by atoms with Crippen molar-refractivity contribution in [3.8, 4) is 0 Å². The summed E-state index contributed by atoms with van der Waals surface area (Å²) >= 11 is 0. The highest BCUT2D eigenvalue weighted by atomic mass is 16.1. The number of carbonyl (C=O) groups is 1. The number of rotatable bonds is 5. The fourth-order valence-electron chi connectivity index (χ4n) is 2.32. The smallest absolute Gasteiger partial charge is 0.137 e. The summed E-state index contributed by atoms with van der Waals surface area (Å²) in [6, 6.07) is 4.40. The Morgan fingerprint density at radius 1 is 1.47 bits per heavy atom. The van der Waals surface area contributed by atoms with E-state index in [-0.39, 0.29) is 0 Å². The Kier molecular flexibility index (Phi) is 4.68. The number of hydrogen-bond acceptors (Lipinski definition) is 3. The predicted molar refractivity (Wildman–Crippen MR) is 67.8 cm³/mol. The lowest BCUT2D eigenvalue weighted by Gasteiger charge is -2.22. The number of piperidine rings is 1. The van der Waals surface area contributed by atoms with Crippen LogP contribution in [0.5, 0.6) is 0 Å². The van der Waals surface area contributed by atoms with E-state index >= 15 is 0 Å². The highest BCUT2D eigenvalue weighted by Gasteiger charge is 2.14. The van der Waals surface area contributed by atoms with Gasteiger partial charge in [-0.15, -0.1) is 0 Å². The Balaban J connectivity index is 1.70. The second-order valence-electron chi connectivity index (χ2n) is 4.76. The van der Waals surface area contributed by atoms with Gasteiger partial charge in [0.25, 0.3) is 0 Å². The van der Waals surface area contributed by atoms with E-state index in [1.807, 2.05) is 12.1 Å². The van der Waals surface area contributed by atoms with Gasteiger partial charge in [0.1, 0.15) is 5.78 Å². The number of hydrogen-bond donors (Lipinski definition) is 1. The topological polar surface area (TPSA) is 42.0 Å². The molecule has 1 fully saturated rings. The van der Waals surface area contributed by atoms with Crippen LogP contribution in [0.25, 0.3) is 0 Å². The first-order valence-electron chi connectivity index (χ1n) is 6.48. The van der Waals surface area contributed by atoms with Crippen molar-refractivity contribution in [1.82, 2.24) is 10.3 Å². The van der Waals surface area contributed by atoms with Crippen molar-refractivity contribution in [2.45, 2.75) is 44.6 Å². The number of carbonyl (C=O) groups excluding carboxylic acids is 1. The molecule has 1 unspecified atom stereocenters. The molecule has 0 radical (unpaired) electrons. The molecule has 1 atom stereocenters. The quantitative estimate of drug-likeness (QED) is 0.845. The zero-order chi connectivity index (χ0) is 11.9. The van der Waals surface area contributed by atoms with Crippen molar-refractivity contribution < 1.29 is 4.79 Å². The van der Waals surface area contributed by atoms with Crippen molar-refractivity contribution in [2.75, 3.05) is 6.54 Å². The first-order valence-corrected chi connectivity index (χ1v) is 6.48. The Morgan fingerprint density at radius 3 is 3.12 bits per heavy atom. The minimum atomic E-state index is 0.324. The minimum Gasteiger partial charge on any atom is -0.314 e. The Labute approximate surface area is 103 Å². The molecular weight excluding hydrogens is 212 g/mol. The molecule has 2 heterocycles. The van der Waals surface area contributed by atoms with Crippen molar-refractivity contribution >= 4 is 5.78 Å². The van der Waals surface area contributed by atoms with Gasteiger partial charge >= 0.3 is 0 Å². The molecule has 1 N–H and O–H groups in total. The fourth-order valence-corrected chi connectivity index (χ4v) is 2.32. The van der Waals surface area contributed by atoms with E-state index in [0.29, 0.717) is 24.7 Å². The van der Waals surface area contributed by atoms with Gasteiger partial charge < -0.3 is 5.32 Å². The molecule has 1 aliphatic rings. The molecule has 0 bridgehead atoms. The highest BCUT2D eigenvalue weighted by Crippen LogP contribution is 2.12. The molecule has 0 saturated carbocycles. The van der Waals surface area contributed by atoms with Gasteiger partial charge in [-0.25, -0.2) is 0 Å². The monoisotopic (exact) mass is 232 g/mol. The molecule has 0 aliphatic carbocycles. The zero-order valence-electron chi connectivity index (χ0n) is 10.2. The van der Waals surface area contributed by atoms with Crippen LogP contribution in [0.4, 0.5) is 0 Å². The average molecular weight is 232 g/mol. The van der Waals surface area contributed by atoms with E-state index in [1.165, 1.54) is 19.3 Å². The van der Waals surface area contributed by atoms with Crippen molar-refractivity contribution in [2.24, 2.45) is 0 Å².